The Morgan fingerprint density at radius 3 is 2.96 bits per heavy atom. The number of thioether (sulfide) groups is 1. The Kier molecular flexibility index (Phi) is 4.52. The number of aromatic amines is 1. The van der Waals surface area contributed by atoms with Crippen molar-refractivity contribution in [1.82, 2.24) is 20.2 Å². The fourth-order valence-corrected chi connectivity index (χ4v) is 3.69. The Balaban J connectivity index is 1.44. The summed E-state index contributed by atoms with van der Waals surface area (Å²) < 4.78 is 18.9. The van der Waals surface area contributed by atoms with Gasteiger partial charge in [-0.05, 0) is 43.9 Å². The van der Waals surface area contributed by atoms with Gasteiger partial charge < -0.3 is 9.72 Å². The molecule has 1 N–H and O–H groups in total. The lowest BCUT2D eigenvalue weighted by molar-refractivity contribution is -0.147. The number of esters is 1. The Morgan fingerprint density at radius 2 is 2.12 bits per heavy atom. The average molecular weight is 360 g/mol. The van der Waals surface area contributed by atoms with Crippen molar-refractivity contribution in [3.63, 3.8) is 0 Å². The van der Waals surface area contributed by atoms with Crippen molar-refractivity contribution in [2.75, 3.05) is 5.75 Å². The molecule has 6 nitrogen and oxygen atoms in total. The molecule has 2 heterocycles. The second-order valence-electron chi connectivity index (χ2n) is 6.15. The molecule has 1 aromatic carbocycles. The molecule has 1 aliphatic carbocycles. The van der Waals surface area contributed by atoms with Gasteiger partial charge in [0.1, 0.15) is 17.4 Å². The maximum Gasteiger partial charge on any atom is 0.316 e. The molecule has 130 valence electrons. The van der Waals surface area contributed by atoms with Crippen LogP contribution in [-0.4, -0.2) is 38.0 Å². The fourth-order valence-electron chi connectivity index (χ4n) is 3.12. The highest BCUT2D eigenvalue weighted by atomic mass is 32.2. The number of benzene rings is 1. The van der Waals surface area contributed by atoms with Gasteiger partial charge in [-0.3, -0.25) is 4.79 Å². The molecule has 8 heteroatoms. The molecule has 0 bridgehead atoms. The first-order valence-electron chi connectivity index (χ1n) is 8.33. The third-order valence-corrected chi connectivity index (χ3v) is 5.14. The number of aromatic nitrogens is 4. The number of rotatable bonds is 4. The van der Waals surface area contributed by atoms with E-state index in [-0.39, 0.29) is 23.6 Å². The predicted molar refractivity (Wildman–Crippen MR) is 92.8 cm³/mol. The summed E-state index contributed by atoms with van der Waals surface area (Å²) in [5.41, 5.74) is 1.79. The van der Waals surface area contributed by atoms with Crippen molar-refractivity contribution in [2.45, 2.75) is 43.4 Å². The topological polar surface area (TPSA) is 80.8 Å². The van der Waals surface area contributed by atoms with E-state index in [9.17, 15) is 9.18 Å². The molecule has 4 rings (SSSR count). The van der Waals surface area contributed by atoms with Crippen molar-refractivity contribution < 1.29 is 13.9 Å². The summed E-state index contributed by atoms with van der Waals surface area (Å²) in [4.78, 5) is 19.4. The third kappa shape index (κ3) is 3.58. The minimum absolute atomic E-state index is 0.0481. The summed E-state index contributed by atoms with van der Waals surface area (Å²) in [7, 11) is 0. The first-order valence-corrected chi connectivity index (χ1v) is 9.31. The van der Waals surface area contributed by atoms with E-state index in [1.54, 1.807) is 6.07 Å². The summed E-state index contributed by atoms with van der Waals surface area (Å²) in [5.74, 6) is -0.433. The highest BCUT2D eigenvalue weighted by Gasteiger charge is 2.18. The SMILES string of the molecule is O=C(CSc1nnc2c(n1)[nH]c1ccc(F)cc12)OC1CCCCC1. The highest BCUT2D eigenvalue weighted by Crippen LogP contribution is 2.25. The second kappa shape index (κ2) is 6.95. The van der Waals surface area contributed by atoms with E-state index >= 15 is 0 Å². The number of hydrogen-bond acceptors (Lipinski definition) is 6. The van der Waals surface area contributed by atoms with Crippen LogP contribution in [0.15, 0.2) is 23.4 Å². The maximum atomic E-state index is 13.4. The predicted octanol–water partition coefficient (Wildman–Crippen LogP) is 3.61. The van der Waals surface area contributed by atoms with Crippen LogP contribution >= 0.6 is 11.8 Å². The number of nitrogens with one attached hydrogen (secondary N) is 1. The van der Waals surface area contributed by atoms with Crippen LogP contribution in [0, 0.1) is 5.82 Å². The summed E-state index contributed by atoms with van der Waals surface area (Å²) in [5, 5.41) is 9.18. The number of halogens is 1. The molecular weight excluding hydrogens is 343 g/mol. The van der Waals surface area contributed by atoms with E-state index in [4.69, 9.17) is 4.74 Å². The zero-order chi connectivity index (χ0) is 17.2. The van der Waals surface area contributed by atoms with Gasteiger partial charge >= 0.3 is 5.97 Å². The van der Waals surface area contributed by atoms with E-state index in [1.807, 2.05) is 0 Å². The van der Waals surface area contributed by atoms with Crippen molar-refractivity contribution in [3.8, 4) is 0 Å². The van der Waals surface area contributed by atoms with Crippen LogP contribution in [0.25, 0.3) is 22.1 Å². The third-order valence-electron chi connectivity index (χ3n) is 4.33. The van der Waals surface area contributed by atoms with Gasteiger partial charge in [-0.1, -0.05) is 18.2 Å². The summed E-state index contributed by atoms with van der Waals surface area (Å²) in [6.45, 7) is 0. The van der Waals surface area contributed by atoms with Gasteiger partial charge in [0.05, 0.1) is 5.75 Å². The smallest absolute Gasteiger partial charge is 0.316 e. The Labute approximate surface area is 147 Å². The molecule has 0 saturated heterocycles. The fraction of sp³-hybridized carbons (Fsp3) is 0.412. The lowest BCUT2D eigenvalue weighted by atomic mass is 9.98. The number of carbonyl (C=O) groups is 1. The molecular formula is C17H17FN4O2S. The molecule has 3 aromatic rings. The van der Waals surface area contributed by atoms with Crippen molar-refractivity contribution in [2.24, 2.45) is 0 Å². The zero-order valence-electron chi connectivity index (χ0n) is 13.5. The second-order valence-corrected chi connectivity index (χ2v) is 7.09. The summed E-state index contributed by atoms with van der Waals surface area (Å²) in [6, 6.07) is 4.42. The van der Waals surface area contributed by atoms with Crippen LogP contribution in [0.4, 0.5) is 4.39 Å². The van der Waals surface area contributed by atoms with E-state index in [2.05, 4.69) is 20.2 Å². The standard InChI is InChI=1S/C17H17FN4O2S/c18-10-6-7-13-12(8-10)15-16(19-13)20-17(22-21-15)25-9-14(23)24-11-4-2-1-3-5-11/h6-8,11H,1-5,9H2,(H,19,20,22). The summed E-state index contributed by atoms with van der Waals surface area (Å²) in [6.07, 6.45) is 5.41. The Bertz CT molecular complexity index is 924. The van der Waals surface area contributed by atoms with Crippen LogP contribution in [0.1, 0.15) is 32.1 Å². The van der Waals surface area contributed by atoms with Gasteiger partial charge in [-0.15, -0.1) is 10.2 Å². The first-order chi connectivity index (χ1) is 12.2. The molecule has 0 radical (unpaired) electrons. The number of nitrogens with zero attached hydrogens (tertiary/aromatic N) is 3. The first kappa shape index (κ1) is 16.3. The van der Waals surface area contributed by atoms with E-state index in [0.29, 0.717) is 21.7 Å². The Morgan fingerprint density at radius 1 is 1.28 bits per heavy atom. The number of ether oxygens (including phenoxy) is 1. The largest absolute Gasteiger partial charge is 0.462 e. The number of carbonyl (C=O) groups excluding carboxylic acids is 1. The lowest BCUT2D eigenvalue weighted by Crippen LogP contribution is -2.22. The van der Waals surface area contributed by atoms with Crippen molar-refractivity contribution >= 4 is 39.8 Å². The number of H-pyrrole nitrogens is 1. The molecule has 1 fully saturated rings. The van der Waals surface area contributed by atoms with Gasteiger partial charge in [0.2, 0.25) is 5.16 Å². The minimum Gasteiger partial charge on any atom is -0.462 e. The molecule has 0 atom stereocenters. The van der Waals surface area contributed by atoms with E-state index in [1.165, 1.54) is 30.3 Å². The quantitative estimate of drug-likeness (QED) is 0.565. The zero-order valence-corrected chi connectivity index (χ0v) is 14.3. The van der Waals surface area contributed by atoms with Crippen LogP contribution in [0.5, 0.6) is 0 Å². The molecule has 1 aliphatic rings. The van der Waals surface area contributed by atoms with Crippen molar-refractivity contribution in [1.29, 1.82) is 0 Å². The van der Waals surface area contributed by atoms with Gasteiger partial charge in [0.25, 0.3) is 0 Å². The molecule has 25 heavy (non-hydrogen) atoms. The van der Waals surface area contributed by atoms with E-state index < -0.39 is 0 Å². The minimum atomic E-state index is -0.334. The van der Waals surface area contributed by atoms with Gasteiger partial charge in [-0.2, -0.15) is 0 Å². The van der Waals surface area contributed by atoms with Crippen LogP contribution in [0.3, 0.4) is 0 Å². The van der Waals surface area contributed by atoms with Gasteiger partial charge in [-0.25, -0.2) is 9.37 Å². The van der Waals surface area contributed by atoms with Crippen LogP contribution in [0.2, 0.25) is 0 Å². The van der Waals surface area contributed by atoms with E-state index in [0.717, 1.165) is 31.2 Å². The van der Waals surface area contributed by atoms with Gasteiger partial charge in [0, 0.05) is 10.9 Å². The molecule has 0 aliphatic heterocycles. The maximum absolute atomic E-state index is 13.4. The lowest BCUT2D eigenvalue weighted by Gasteiger charge is -2.21. The van der Waals surface area contributed by atoms with Crippen LogP contribution < -0.4 is 0 Å². The normalized spacial score (nSPS) is 15.7. The van der Waals surface area contributed by atoms with Gasteiger partial charge in [0.15, 0.2) is 5.65 Å². The average Bonchev–Trinajstić information content (AvgIpc) is 2.98. The monoisotopic (exact) mass is 360 g/mol. The number of hydrogen-bond donors (Lipinski definition) is 1. The van der Waals surface area contributed by atoms with Crippen molar-refractivity contribution in [3.05, 3.63) is 24.0 Å². The highest BCUT2D eigenvalue weighted by molar-refractivity contribution is 7.99. The molecule has 1 saturated carbocycles. The molecule has 0 amide bonds. The van der Waals surface area contributed by atoms with Crippen LogP contribution in [-0.2, 0) is 9.53 Å². The molecule has 0 spiro atoms. The molecule has 0 unspecified atom stereocenters. The summed E-state index contributed by atoms with van der Waals surface area (Å²) >= 11 is 1.19. The number of fused-ring (bicyclic) bond motifs is 3. The molecule has 2 aromatic heterocycles. The Hall–Kier alpha value is -2.22.